The third-order valence-electron chi connectivity index (χ3n) is 3.94. The zero-order valence-electron chi connectivity index (χ0n) is 15.0. The lowest BCUT2D eigenvalue weighted by molar-refractivity contribution is 0.0465. The maximum Gasteiger partial charge on any atom is 0.407 e. The molecule has 0 aromatic carbocycles. The third kappa shape index (κ3) is 5.86. The molecule has 6 heteroatoms. The summed E-state index contributed by atoms with van der Waals surface area (Å²) in [7, 11) is 0. The first-order chi connectivity index (χ1) is 10.7. The average molecular weight is 322 g/mol. The van der Waals surface area contributed by atoms with E-state index in [1.54, 1.807) is 0 Å². The fourth-order valence-electron chi connectivity index (χ4n) is 2.81. The molecule has 1 amide bonds. The molecule has 1 aliphatic carbocycles. The molecule has 0 radical (unpaired) electrons. The van der Waals surface area contributed by atoms with Gasteiger partial charge < -0.3 is 15.4 Å². The van der Waals surface area contributed by atoms with Gasteiger partial charge in [0.1, 0.15) is 5.60 Å². The summed E-state index contributed by atoms with van der Waals surface area (Å²) in [4.78, 5) is 11.7. The number of carbonyl (C=O) groups excluding carboxylic acids is 1. The zero-order chi connectivity index (χ0) is 17.0. The van der Waals surface area contributed by atoms with E-state index in [4.69, 9.17) is 4.74 Å². The van der Waals surface area contributed by atoms with Crippen molar-refractivity contribution in [1.82, 2.24) is 20.4 Å². The van der Waals surface area contributed by atoms with Gasteiger partial charge >= 0.3 is 6.09 Å². The van der Waals surface area contributed by atoms with Crippen LogP contribution in [0.15, 0.2) is 6.07 Å². The first-order valence-corrected chi connectivity index (χ1v) is 8.47. The predicted molar refractivity (Wildman–Crippen MR) is 90.5 cm³/mol. The van der Waals surface area contributed by atoms with Gasteiger partial charge in [0.2, 0.25) is 0 Å². The standard InChI is InChI=1S/C17H30N4O2/c1-12-9-13(2)21(20-12)8-6-7-18-14-10-15(11-14)19-16(22)23-17(3,4)5/h9,14-15,18H,6-8,10-11H2,1-5H3,(H,19,22). The number of rotatable bonds is 6. The number of carbonyl (C=O) groups is 1. The Bertz CT molecular complexity index is 527. The Balaban J connectivity index is 1.55. The van der Waals surface area contributed by atoms with Crippen LogP contribution in [0.3, 0.4) is 0 Å². The number of aryl methyl sites for hydroxylation is 3. The fourth-order valence-corrected chi connectivity index (χ4v) is 2.81. The predicted octanol–water partition coefficient (Wildman–Crippen LogP) is 2.54. The summed E-state index contributed by atoms with van der Waals surface area (Å²) >= 11 is 0. The fraction of sp³-hybridized carbons (Fsp3) is 0.765. The van der Waals surface area contributed by atoms with Gasteiger partial charge in [-0.15, -0.1) is 0 Å². The van der Waals surface area contributed by atoms with E-state index in [2.05, 4.69) is 33.4 Å². The number of alkyl carbamates (subject to hydrolysis) is 1. The quantitative estimate of drug-likeness (QED) is 0.790. The number of hydrogen-bond acceptors (Lipinski definition) is 4. The Morgan fingerprint density at radius 3 is 2.61 bits per heavy atom. The van der Waals surface area contributed by atoms with Crippen LogP contribution in [-0.2, 0) is 11.3 Å². The van der Waals surface area contributed by atoms with E-state index >= 15 is 0 Å². The van der Waals surface area contributed by atoms with Gasteiger partial charge in [0.25, 0.3) is 0 Å². The van der Waals surface area contributed by atoms with Crippen LogP contribution in [0.2, 0.25) is 0 Å². The van der Waals surface area contributed by atoms with Crippen LogP contribution in [0, 0.1) is 13.8 Å². The lowest BCUT2D eigenvalue weighted by Crippen LogP contribution is -2.53. The Labute approximate surface area is 139 Å². The molecular formula is C17H30N4O2. The number of nitrogens with zero attached hydrogens (tertiary/aromatic N) is 2. The molecular weight excluding hydrogens is 292 g/mol. The molecule has 0 atom stereocenters. The van der Waals surface area contributed by atoms with Crippen molar-refractivity contribution in [3.05, 3.63) is 17.5 Å². The molecule has 1 heterocycles. The van der Waals surface area contributed by atoms with Crippen LogP contribution in [-0.4, -0.2) is 40.1 Å². The lowest BCUT2D eigenvalue weighted by Gasteiger charge is -2.36. The minimum absolute atomic E-state index is 0.235. The Hall–Kier alpha value is -1.56. The molecule has 0 unspecified atom stereocenters. The molecule has 1 fully saturated rings. The molecule has 2 N–H and O–H groups in total. The van der Waals surface area contributed by atoms with Crippen LogP contribution in [0.5, 0.6) is 0 Å². The number of hydrogen-bond donors (Lipinski definition) is 2. The number of amides is 1. The topological polar surface area (TPSA) is 68.2 Å². The Morgan fingerprint density at radius 2 is 2.04 bits per heavy atom. The lowest BCUT2D eigenvalue weighted by atomic mass is 9.87. The van der Waals surface area contributed by atoms with E-state index in [1.165, 1.54) is 5.69 Å². The molecule has 1 saturated carbocycles. The summed E-state index contributed by atoms with van der Waals surface area (Å²) in [5.74, 6) is 0. The second kappa shape index (κ2) is 7.34. The maximum absolute atomic E-state index is 11.7. The van der Waals surface area contributed by atoms with Crippen LogP contribution in [0.4, 0.5) is 4.79 Å². The van der Waals surface area contributed by atoms with Crippen molar-refractivity contribution in [2.75, 3.05) is 6.54 Å². The van der Waals surface area contributed by atoms with E-state index in [0.29, 0.717) is 6.04 Å². The van der Waals surface area contributed by atoms with Crippen LogP contribution in [0.1, 0.15) is 51.4 Å². The van der Waals surface area contributed by atoms with E-state index in [1.807, 2.05) is 27.7 Å². The van der Waals surface area contributed by atoms with Crippen molar-refractivity contribution in [1.29, 1.82) is 0 Å². The first kappa shape index (κ1) is 17.8. The number of nitrogens with one attached hydrogen (secondary N) is 2. The molecule has 130 valence electrons. The van der Waals surface area contributed by atoms with Gasteiger partial charge in [-0.05, 0) is 66.5 Å². The highest BCUT2D eigenvalue weighted by molar-refractivity contribution is 5.68. The van der Waals surface area contributed by atoms with Gasteiger partial charge in [0.15, 0.2) is 0 Å². The second-order valence-electron chi connectivity index (χ2n) is 7.47. The summed E-state index contributed by atoms with van der Waals surface area (Å²) in [5.41, 5.74) is 1.85. The monoisotopic (exact) mass is 322 g/mol. The summed E-state index contributed by atoms with van der Waals surface area (Å²) in [6, 6.07) is 2.83. The van der Waals surface area contributed by atoms with Crippen molar-refractivity contribution >= 4 is 6.09 Å². The number of aromatic nitrogens is 2. The van der Waals surface area contributed by atoms with Crippen molar-refractivity contribution in [3.8, 4) is 0 Å². The minimum atomic E-state index is -0.436. The second-order valence-corrected chi connectivity index (χ2v) is 7.47. The smallest absolute Gasteiger partial charge is 0.407 e. The first-order valence-electron chi connectivity index (χ1n) is 8.47. The van der Waals surface area contributed by atoms with Gasteiger partial charge in [-0.2, -0.15) is 5.10 Å². The maximum atomic E-state index is 11.7. The van der Waals surface area contributed by atoms with Crippen molar-refractivity contribution in [2.45, 2.75) is 78.1 Å². The van der Waals surface area contributed by atoms with Gasteiger partial charge in [0.05, 0.1) is 5.69 Å². The summed E-state index contributed by atoms with van der Waals surface area (Å²) in [6.45, 7) is 11.7. The van der Waals surface area contributed by atoms with E-state index in [-0.39, 0.29) is 12.1 Å². The normalized spacial score (nSPS) is 20.9. The summed E-state index contributed by atoms with van der Waals surface area (Å²) < 4.78 is 7.32. The van der Waals surface area contributed by atoms with Gasteiger partial charge in [-0.3, -0.25) is 4.68 Å². The Morgan fingerprint density at radius 1 is 1.35 bits per heavy atom. The van der Waals surface area contributed by atoms with Crippen LogP contribution >= 0.6 is 0 Å². The van der Waals surface area contributed by atoms with Gasteiger partial charge in [-0.1, -0.05) is 0 Å². The molecule has 0 saturated heterocycles. The highest BCUT2D eigenvalue weighted by Gasteiger charge is 2.31. The zero-order valence-corrected chi connectivity index (χ0v) is 15.0. The van der Waals surface area contributed by atoms with Crippen molar-refractivity contribution < 1.29 is 9.53 Å². The van der Waals surface area contributed by atoms with E-state index in [9.17, 15) is 4.79 Å². The molecule has 1 aliphatic rings. The minimum Gasteiger partial charge on any atom is -0.444 e. The molecule has 0 aliphatic heterocycles. The molecule has 1 aromatic heterocycles. The van der Waals surface area contributed by atoms with Crippen molar-refractivity contribution in [2.24, 2.45) is 0 Å². The molecule has 2 rings (SSSR count). The van der Waals surface area contributed by atoms with E-state index in [0.717, 1.165) is 38.0 Å². The Kier molecular flexibility index (Phi) is 5.68. The molecule has 1 aromatic rings. The highest BCUT2D eigenvalue weighted by atomic mass is 16.6. The molecule has 0 spiro atoms. The summed E-state index contributed by atoms with van der Waals surface area (Å²) in [6.07, 6.45) is 2.69. The van der Waals surface area contributed by atoms with E-state index < -0.39 is 5.60 Å². The number of ether oxygens (including phenoxy) is 1. The highest BCUT2D eigenvalue weighted by Crippen LogP contribution is 2.20. The van der Waals surface area contributed by atoms with Crippen molar-refractivity contribution in [3.63, 3.8) is 0 Å². The average Bonchev–Trinajstić information content (AvgIpc) is 2.67. The van der Waals surface area contributed by atoms with Gasteiger partial charge in [-0.25, -0.2) is 4.79 Å². The third-order valence-corrected chi connectivity index (χ3v) is 3.94. The molecule has 6 nitrogen and oxygen atoms in total. The summed E-state index contributed by atoms with van der Waals surface area (Å²) in [5, 5.41) is 10.9. The SMILES string of the molecule is Cc1cc(C)n(CCCNC2CC(NC(=O)OC(C)(C)C)C2)n1. The largest absolute Gasteiger partial charge is 0.444 e. The van der Waals surface area contributed by atoms with Crippen LogP contribution in [0.25, 0.3) is 0 Å². The van der Waals surface area contributed by atoms with Gasteiger partial charge in [0, 0.05) is 24.3 Å². The molecule has 0 bridgehead atoms. The molecule has 23 heavy (non-hydrogen) atoms. The van der Waals surface area contributed by atoms with Crippen LogP contribution < -0.4 is 10.6 Å².